The molecular formula is C27H25FN2O4S. The summed E-state index contributed by atoms with van der Waals surface area (Å²) in [5.41, 5.74) is 1.31. The van der Waals surface area contributed by atoms with Gasteiger partial charge in [0.15, 0.2) is 22.3 Å². The normalized spacial score (nSPS) is 20.7. The van der Waals surface area contributed by atoms with Crippen molar-refractivity contribution < 1.29 is 23.4 Å². The number of amides is 1. The molecule has 1 amide bonds. The second-order valence-electron chi connectivity index (χ2n) is 8.72. The summed E-state index contributed by atoms with van der Waals surface area (Å²) in [5.74, 6) is 1.24. The van der Waals surface area contributed by atoms with Crippen LogP contribution < -0.4 is 19.1 Å². The van der Waals surface area contributed by atoms with Crippen LogP contribution in [0.3, 0.4) is 0 Å². The van der Waals surface area contributed by atoms with Gasteiger partial charge in [-0.3, -0.25) is 14.6 Å². The van der Waals surface area contributed by atoms with Gasteiger partial charge in [0, 0.05) is 23.2 Å². The van der Waals surface area contributed by atoms with Gasteiger partial charge in [-0.15, -0.1) is 0 Å². The molecule has 0 unspecified atom stereocenters. The summed E-state index contributed by atoms with van der Waals surface area (Å²) in [6.45, 7) is 1.92. The van der Waals surface area contributed by atoms with E-state index in [-0.39, 0.29) is 24.2 Å². The third-order valence-electron chi connectivity index (χ3n) is 6.55. The molecule has 2 aliphatic heterocycles. The Labute approximate surface area is 208 Å². The summed E-state index contributed by atoms with van der Waals surface area (Å²) in [5, 5.41) is 0.295. The van der Waals surface area contributed by atoms with Gasteiger partial charge in [0.05, 0.1) is 26.7 Å². The number of benzene rings is 3. The van der Waals surface area contributed by atoms with Crippen LogP contribution in [0.15, 0.2) is 66.7 Å². The summed E-state index contributed by atoms with van der Waals surface area (Å²) >= 11 is 5.93. The Bertz CT molecular complexity index is 1300. The molecule has 2 heterocycles. The Balaban J connectivity index is 1.63. The maximum absolute atomic E-state index is 13.9. The molecule has 5 rings (SSSR count). The summed E-state index contributed by atoms with van der Waals surface area (Å²) in [7, 11) is 3.16. The molecule has 35 heavy (non-hydrogen) atoms. The minimum absolute atomic E-state index is 0.106. The lowest BCUT2D eigenvalue weighted by Gasteiger charge is -2.55. The number of fused-ring (bicyclic) bond motifs is 4. The standard InChI is InChI=1S/C27H25FN2O4S/c1-27-16-21(20-8-6-10-23(33-3)25(20)34-27)29(24(31)15-17-7-4-5-9-22(17)32-2)26(35)30(27)19-13-11-18(28)12-14-19/h4-14,21H,15-16H2,1-3H3/t21-,27+/m0/s1. The first-order valence-electron chi connectivity index (χ1n) is 11.3. The minimum atomic E-state index is -0.914. The van der Waals surface area contributed by atoms with E-state index in [4.69, 9.17) is 26.4 Å². The highest BCUT2D eigenvalue weighted by Crippen LogP contribution is 2.52. The van der Waals surface area contributed by atoms with Crippen molar-refractivity contribution in [2.75, 3.05) is 19.1 Å². The number of anilines is 1. The maximum Gasteiger partial charge on any atom is 0.233 e. The lowest BCUT2D eigenvalue weighted by molar-refractivity contribution is -0.131. The fraction of sp³-hybridized carbons (Fsp3) is 0.259. The van der Waals surface area contributed by atoms with Gasteiger partial charge >= 0.3 is 0 Å². The van der Waals surface area contributed by atoms with Crippen molar-refractivity contribution in [1.82, 2.24) is 4.90 Å². The fourth-order valence-corrected chi connectivity index (χ4v) is 5.48. The number of methoxy groups -OCH3 is 2. The Kier molecular flexibility index (Phi) is 5.84. The van der Waals surface area contributed by atoms with Crippen LogP contribution in [0.5, 0.6) is 17.2 Å². The van der Waals surface area contributed by atoms with Crippen molar-refractivity contribution in [1.29, 1.82) is 0 Å². The Morgan fingerprint density at radius 2 is 1.74 bits per heavy atom. The van der Waals surface area contributed by atoms with Crippen molar-refractivity contribution in [2.24, 2.45) is 0 Å². The molecule has 0 saturated carbocycles. The molecule has 2 atom stereocenters. The van der Waals surface area contributed by atoms with Crippen LogP contribution in [-0.2, 0) is 11.2 Å². The van der Waals surface area contributed by atoms with Crippen molar-refractivity contribution in [3.63, 3.8) is 0 Å². The summed E-state index contributed by atoms with van der Waals surface area (Å²) in [6, 6.07) is 18.7. The number of rotatable bonds is 5. The number of thiocarbonyl (C=S) groups is 1. The molecule has 2 bridgehead atoms. The lowest BCUT2D eigenvalue weighted by atomic mass is 9.88. The Hall–Kier alpha value is -3.65. The molecule has 3 aromatic rings. The van der Waals surface area contributed by atoms with E-state index in [2.05, 4.69) is 0 Å². The second kappa shape index (κ2) is 8.85. The van der Waals surface area contributed by atoms with Crippen LogP contribution >= 0.6 is 12.2 Å². The molecule has 3 aromatic carbocycles. The predicted molar refractivity (Wildman–Crippen MR) is 134 cm³/mol. The molecule has 2 aliphatic rings. The molecule has 180 valence electrons. The number of nitrogens with zero attached hydrogens (tertiary/aromatic N) is 2. The zero-order valence-electron chi connectivity index (χ0n) is 19.7. The highest BCUT2D eigenvalue weighted by molar-refractivity contribution is 7.80. The summed E-state index contributed by atoms with van der Waals surface area (Å²) in [6.07, 6.45) is 0.567. The molecule has 6 nitrogen and oxygen atoms in total. The van der Waals surface area contributed by atoms with E-state index >= 15 is 0 Å². The van der Waals surface area contributed by atoms with E-state index in [0.29, 0.717) is 34.5 Å². The highest BCUT2D eigenvalue weighted by Gasteiger charge is 2.54. The fourth-order valence-electron chi connectivity index (χ4n) is 4.96. The summed E-state index contributed by atoms with van der Waals surface area (Å²) in [4.78, 5) is 17.3. The average molecular weight is 493 g/mol. The van der Waals surface area contributed by atoms with Crippen LogP contribution in [0.4, 0.5) is 10.1 Å². The van der Waals surface area contributed by atoms with Gasteiger partial charge in [0.2, 0.25) is 5.91 Å². The smallest absolute Gasteiger partial charge is 0.233 e. The zero-order chi connectivity index (χ0) is 24.7. The first-order chi connectivity index (χ1) is 16.9. The average Bonchev–Trinajstić information content (AvgIpc) is 2.85. The third kappa shape index (κ3) is 3.87. The van der Waals surface area contributed by atoms with Crippen molar-refractivity contribution in [2.45, 2.75) is 31.5 Å². The van der Waals surface area contributed by atoms with E-state index in [1.807, 2.05) is 49.4 Å². The maximum atomic E-state index is 13.9. The van der Waals surface area contributed by atoms with Gasteiger partial charge in [-0.1, -0.05) is 30.3 Å². The number of para-hydroxylation sites is 2. The van der Waals surface area contributed by atoms with Crippen LogP contribution in [0.2, 0.25) is 0 Å². The quantitative estimate of drug-likeness (QED) is 0.453. The summed E-state index contributed by atoms with van der Waals surface area (Å²) < 4.78 is 31.3. The van der Waals surface area contributed by atoms with Crippen LogP contribution in [0.1, 0.15) is 30.5 Å². The first-order valence-corrected chi connectivity index (χ1v) is 11.7. The Morgan fingerprint density at radius 3 is 2.46 bits per heavy atom. The van der Waals surface area contributed by atoms with E-state index < -0.39 is 5.72 Å². The lowest BCUT2D eigenvalue weighted by Crippen LogP contribution is -2.67. The number of hydrogen-bond donors (Lipinski definition) is 0. The SMILES string of the molecule is COc1ccccc1CC(=O)N1C(=S)N(c2ccc(F)cc2)[C@@]2(C)C[C@H]1c1cccc(OC)c1O2. The molecule has 0 radical (unpaired) electrons. The van der Waals surface area contributed by atoms with E-state index in [9.17, 15) is 9.18 Å². The highest BCUT2D eigenvalue weighted by atomic mass is 32.1. The number of hydrogen-bond acceptors (Lipinski definition) is 5. The molecule has 0 N–H and O–H groups in total. The predicted octanol–water partition coefficient (Wildman–Crippen LogP) is 5.26. The van der Waals surface area contributed by atoms with Gasteiger partial charge in [-0.05, 0) is 55.5 Å². The van der Waals surface area contributed by atoms with E-state index in [1.165, 1.54) is 12.1 Å². The number of carbonyl (C=O) groups is 1. The van der Waals surface area contributed by atoms with Gasteiger partial charge in [0.25, 0.3) is 0 Å². The largest absolute Gasteiger partial charge is 0.496 e. The van der Waals surface area contributed by atoms with Gasteiger partial charge in [-0.25, -0.2) is 4.39 Å². The minimum Gasteiger partial charge on any atom is -0.496 e. The molecular weight excluding hydrogens is 467 g/mol. The van der Waals surface area contributed by atoms with Gasteiger partial charge < -0.3 is 14.2 Å². The van der Waals surface area contributed by atoms with E-state index in [1.54, 1.807) is 36.2 Å². The first kappa shape index (κ1) is 23.1. The number of ether oxygens (including phenoxy) is 3. The number of carbonyl (C=O) groups excluding carboxylic acids is 1. The third-order valence-corrected chi connectivity index (χ3v) is 6.93. The molecule has 8 heteroatoms. The molecule has 0 aliphatic carbocycles. The van der Waals surface area contributed by atoms with Gasteiger partial charge in [0.1, 0.15) is 11.6 Å². The second-order valence-corrected chi connectivity index (χ2v) is 9.09. The molecule has 0 spiro atoms. The molecule has 1 fully saturated rings. The van der Waals surface area contributed by atoms with Crippen molar-refractivity contribution in [3.05, 3.63) is 83.7 Å². The van der Waals surface area contributed by atoms with Crippen molar-refractivity contribution >= 4 is 28.9 Å². The van der Waals surface area contributed by atoms with Crippen molar-refractivity contribution in [3.8, 4) is 17.2 Å². The van der Waals surface area contributed by atoms with Crippen LogP contribution in [-0.4, -0.2) is 35.9 Å². The van der Waals surface area contributed by atoms with Crippen LogP contribution in [0, 0.1) is 5.82 Å². The van der Waals surface area contributed by atoms with E-state index in [0.717, 1.165) is 11.1 Å². The molecule has 0 aromatic heterocycles. The Morgan fingerprint density at radius 1 is 1.06 bits per heavy atom. The zero-order valence-corrected chi connectivity index (χ0v) is 20.5. The van der Waals surface area contributed by atoms with Gasteiger partial charge in [-0.2, -0.15) is 0 Å². The van der Waals surface area contributed by atoms with Crippen LogP contribution in [0.25, 0.3) is 0 Å². The topological polar surface area (TPSA) is 51.2 Å². The monoisotopic (exact) mass is 492 g/mol. The number of halogens is 1. The molecule has 1 saturated heterocycles.